The molecular weight excluding hydrogens is 306 g/mol. The highest BCUT2D eigenvalue weighted by Crippen LogP contribution is 2.15. The number of rotatable bonds is 5. The van der Waals surface area contributed by atoms with Crippen LogP contribution in [-0.4, -0.2) is 26.1 Å². The lowest BCUT2D eigenvalue weighted by Gasteiger charge is -2.07. The molecule has 7 heteroatoms. The molecule has 7 nitrogen and oxygen atoms in total. The van der Waals surface area contributed by atoms with Gasteiger partial charge >= 0.3 is 0 Å². The normalized spacial score (nSPS) is 10.2. The fourth-order valence-corrected chi connectivity index (χ4v) is 2.12. The van der Waals surface area contributed by atoms with Crippen LogP contribution in [0.3, 0.4) is 0 Å². The van der Waals surface area contributed by atoms with Crippen molar-refractivity contribution in [1.82, 2.24) is 20.4 Å². The molecule has 0 aliphatic carbocycles. The first-order chi connectivity index (χ1) is 11.8. The fourth-order valence-electron chi connectivity index (χ4n) is 2.12. The number of carbonyl (C=O) groups excluding carboxylic acids is 1. The molecule has 3 aromatic rings. The van der Waals surface area contributed by atoms with E-state index in [4.69, 9.17) is 5.21 Å². The summed E-state index contributed by atoms with van der Waals surface area (Å²) in [6.45, 7) is 0.546. The number of nitrogens with zero attached hydrogens (tertiary/aromatic N) is 3. The second-order valence-electron chi connectivity index (χ2n) is 5.00. The summed E-state index contributed by atoms with van der Waals surface area (Å²) >= 11 is 0. The Bertz CT molecular complexity index is 822. The minimum absolute atomic E-state index is 0.391. The maximum Gasteiger partial charge on any atom is 0.274 e. The zero-order valence-corrected chi connectivity index (χ0v) is 12.7. The van der Waals surface area contributed by atoms with Crippen LogP contribution in [0.5, 0.6) is 0 Å². The van der Waals surface area contributed by atoms with E-state index in [0.717, 1.165) is 11.1 Å². The van der Waals surface area contributed by atoms with Crippen LogP contribution in [0.2, 0.25) is 0 Å². The minimum atomic E-state index is -0.536. The Balaban J connectivity index is 1.68. The second kappa shape index (κ2) is 7.30. The summed E-state index contributed by atoms with van der Waals surface area (Å²) in [5, 5.41) is 11.8. The van der Waals surface area contributed by atoms with Crippen molar-refractivity contribution >= 4 is 11.7 Å². The Morgan fingerprint density at radius 3 is 2.62 bits per heavy atom. The van der Waals surface area contributed by atoms with Gasteiger partial charge in [0.2, 0.25) is 0 Å². The van der Waals surface area contributed by atoms with E-state index in [1.165, 1.54) is 0 Å². The summed E-state index contributed by atoms with van der Waals surface area (Å²) in [4.78, 5) is 24.0. The van der Waals surface area contributed by atoms with Crippen molar-refractivity contribution < 1.29 is 10.0 Å². The highest BCUT2D eigenvalue weighted by molar-refractivity contribution is 5.93. The number of anilines is 1. The van der Waals surface area contributed by atoms with Crippen molar-refractivity contribution in [2.75, 3.05) is 5.32 Å². The lowest BCUT2D eigenvalue weighted by atomic mass is 10.1. The van der Waals surface area contributed by atoms with E-state index in [1.807, 2.05) is 12.1 Å². The summed E-state index contributed by atoms with van der Waals surface area (Å²) in [6, 6.07) is 12.4. The van der Waals surface area contributed by atoms with Crippen molar-refractivity contribution in [1.29, 1.82) is 0 Å². The zero-order valence-electron chi connectivity index (χ0n) is 12.7. The molecule has 1 amide bonds. The first-order valence-electron chi connectivity index (χ1n) is 7.27. The average molecular weight is 321 g/mol. The maximum atomic E-state index is 11.3. The van der Waals surface area contributed by atoms with Gasteiger partial charge in [0.15, 0.2) is 5.82 Å². The smallest absolute Gasteiger partial charge is 0.274 e. The molecule has 24 heavy (non-hydrogen) atoms. The topological polar surface area (TPSA) is 100 Å². The summed E-state index contributed by atoms with van der Waals surface area (Å²) in [5.41, 5.74) is 3.82. The molecule has 2 aromatic heterocycles. The standard InChI is InChI=1S/C17H15N5O2/c23-17(22-24)13-5-3-12(4-6-13)10-20-15-7-9-19-16(21-15)14-2-1-8-18-11-14/h1-9,11,24H,10H2,(H,22,23)(H,19,20,21). The van der Waals surface area contributed by atoms with Crippen molar-refractivity contribution in [3.8, 4) is 11.4 Å². The van der Waals surface area contributed by atoms with Gasteiger partial charge < -0.3 is 5.32 Å². The number of pyridine rings is 1. The molecule has 3 rings (SSSR count). The van der Waals surface area contributed by atoms with Crippen LogP contribution in [0.25, 0.3) is 11.4 Å². The summed E-state index contributed by atoms with van der Waals surface area (Å²) < 4.78 is 0. The molecule has 0 spiro atoms. The molecule has 1 aromatic carbocycles. The number of carbonyl (C=O) groups is 1. The van der Waals surface area contributed by atoms with E-state index in [-0.39, 0.29) is 0 Å². The number of hydrogen-bond donors (Lipinski definition) is 3. The molecule has 0 unspecified atom stereocenters. The zero-order chi connectivity index (χ0) is 16.8. The Morgan fingerprint density at radius 1 is 1.08 bits per heavy atom. The number of hydrogen-bond acceptors (Lipinski definition) is 6. The second-order valence-corrected chi connectivity index (χ2v) is 5.00. The molecule has 0 radical (unpaired) electrons. The van der Waals surface area contributed by atoms with Crippen molar-refractivity contribution in [2.45, 2.75) is 6.54 Å². The van der Waals surface area contributed by atoms with E-state index >= 15 is 0 Å². The maximum absolute atomic E-state index is 11.3. The van der Waals surface area contributed by atoms with E-state index in [0.29, 0.717) is 23.8 Å². The summed E-state index contributed by atoms with van der Waals surface area (Å²) in [7, 11) is 0. The number of benzene rings is 1. The molecule has 3 N–H and O–H groups in total. The average Bonchev–Trinajstić information content (AvgIpc) is 2.67. The number of aromatic nitrogens is 3. The van der Waals surface area contributed by atoms with Gasteiger partial charge in [-0.1, -0.05) is 12.1 Å². The summed E-state index contributed by atoms with van der Waals surface area (Å²) in [6.07, 6.45) is 5.10. The van der Waals surface area contributed by atoms with Crippen molar-refractivity contribution in [2.24, 2.45) is 0 Å². The SMILES string of the molecule is O=C(NO)c1ccc(CNc2ccnc(-c3cccnc3)n2)cc1. The monoisotopic (exact) mass is 321 g/mol. The first-order valence-corrected chi connectivity index (χ1v) is 7.27. The molecular formula is C17H15N5O2. The third kappa shape index (κ3) is 3.71. The highest BCUT2D eigenvalue weighted by Gasteiger charge is 2.05. The lowest BCUT2D eigenvalue weighted by Crippen LogP contribution is -2.18. The van der Waals surface area contributed by atoms with Crippen LogP contribution in [0, 0.1) is 0 Å². The van der Waals surface area contributed by atoms with Gasteiger partial charge in [-0.25, -0.2) is 15.4 Å². The number of amides is 1. The lowest BCUT2D eigenvalue weighted by molar-refractivity contribution is 0.0706. The minimum Gasteiger partial charge on any atom is -0.366 e. The first kappa shape index (κ1) is 15.6. The molecule has 2 heterocycles. The van der Waals surface area contributed by atoms with Crippen molar-refractivity contribution in [3.63, 3.8) is 0 Å². The third-order valence-corrected chi connectivity index (χ3v) is 3.37. The van der Waals surface area contributed by atoms with Gasteiger partial charge in [0, 0.05) is 36.3 Å². The quantitative estimate of drug-likeness (QED) is 0.492. The van der Waals surface area contributed by atoms with Crippen LogP contribution in [0.1, 0.15) is 15.9 Å². The van der Waals surface area contributed by atoms with Crippen LogP contribution >= 0.6 is 0 Å². The van der Waals surface area contributed by atoms with E-state index in [1.54, 1.807) is 54.4 Å². The molecule has 0 aliphatic rings. The fraction of sp³-hybridized carbons (Fsp3) is 0.0588. The van der Waals surface area contributed by atoms with Gasteiger partial charge in [-0.2, -0.15) is 0 Å². The highest BCUT2D eigenvalue weighted by atomic mass is 16.5. The van der Waals surface area contributed by atoms with E-state index in [9.17, 15) is 4.79 Å². The molecule has 0 bridgehead atoms. The largest absolute Gasteiger partial charge is 0.366 e. The number of hydroxylamine groups is 1. The third-order valence-electron chi connectivity index (χ3n) is 3.37. The van der Waals surface area contributed by atoms with Gasteiger partial charge in [0.25, 0.3) is 5.91 Å². The molecule has 0 saturated carbocycles. The van der Waals surface area contributed by atoms with E-state index in [2.05, 4.69) is 20.3 Å². The van der Waals surface area contributed by atoms with Crippen molar-refractivity contribution in [3.05, 3.63) is 72.2 Å². The Hall–Kier alpha value is -3.32. The van der Waals surface area contributed by atoms with Crippen LogP contribution in [-0.2, 0) is 6.54 Å². The Kier molecular flexibility index (Phi) is 4.73. The molecule has 0 saturated heterocycles. The Morgan fingerprint density at radius 2 is 1.92 bits per heavy atom. The molecule has 0 aliphatic heterocycles. The van der Waals surface area contributed by atoms with Crippen LogP contribution < -0.4 is 10.8 Å². The van der Waals surface area contributed by atoms with Crippen LogP contribution in [0.15, 0.2) is 61.1 Å². The molecule has 120 valence electrons. The van der Waals surface area contributed by atoms with Gasteiger partial charge in [-0.3, -0.25) is 15.0 Å². The number of nitrogens with one attached hydrogen (secondary N) is 2. The molecule has 0 atom stereocenters. The van der Waals surface area contributed by atoms with Gasteiger partial charge in [0.05, 0.1) is 0 Å². The van der Waals surface area contributed by atoms with Crippen LogP contribution in [0.4, 0.5) is 5.82 Å². The molecule has 0 fully saturated rings. The summed E-state index contributed by atoms with van der Waals surface area (Å²) in [5.74, 6) is 0.760. The predicted octanol–water partition coefficient (Wildman–Crippen LogP) is 2.27. The van der Waals surface area contributed by atoms with Gasteiger partial charge in [-0.05, 0) is 35.9 Å². The predicted molar refractivity (Wildman–Crippen MR) is 88.3 cm³/mol. The van der Waals surface area contributed by atoms with E-state index < -0.39 is 5.91 Å². The van der Waals surface area contributed by atoms with Gasteiger partial charge in [-0.15, -0.1) is 0 Å². The Labute approximate surface area is 138 Å². The van der Waals surface area contributed by atoms with Gasteiger partial charge in [0.1, 0.15) is 5.82 Å².